The van der Waals surface area contributed by atoms with Gasteiger partial charge in [-0.1, -0.05) is 24.3 Å². The molecule has 2 fully saturated rings. The molecule has 15 heteroatoms. The molecule has 1 aromatic carbocycles. The summed E-state index contributed by atoms with van der Waals surface area (Å²) in [6.07, 6.45) is 0.993. The third-order valence-corrected chi connectivity index (χ3v) is 7.25. The van der Waals surface area contributed by atoms with Crippen LogP contribution in [0.15, 0.2) is 47.8 Å². The third-order valence-electron chi connectivity index (χ3n) is 6.37. The number of benzene rings is 1. The van der Waals surface area contributed by atoms with Gasteiger partial charge in [0.25, 0.3) is 5.91 Å². The highest BCUT2D eigenvalue weighted by Crippen LogP contribution is 2.20. The van der Waals surface area contributed by atoms with Crippen molar-refractivity contribution in [2.75, 3.05) is 0 Å². The molecule has 214 valence electrons. The minimum atomic E-state index is -1.18. The van der Waals surface area contributed by atoms with E-state index in [0.717, 1.165) is 4.88 Å². The standard InChI is InChI=1S/C13H16BNO5.C12H16BNO5S/c16-12(17)8-10-6-7-11(14(19)20-10)15-13(18)9-4-2-1-3-5-9;15-11(7-9-2-1-5-20-9)14-10-4-3-8(6-12(16)17)19-13(10)18/h1-5,10-11,19H,6-8H2,(H,15,18)(H,16,17);1-2,5,8,10,18H,3-4,6-7H2,(H,14,15)(H,16,17)/t10-,11-;8-,10-/m00/s1. The summed E-state index contributed by atoms with van der Waals surface area (Å²) in [7, 11) is -2.33. The van der Waals surface area contributed by atoms with Crippen LogP contribution in [0.25, 0.3) is 0 Å². The molecule has 4 atom stereocenters. The maximum Gasteiger partial charge on any atom is 0.478 e. The Morgan fingerprint density at radius 1 is 0.800 bits per heavy atom. The van der Waals surface area contributed by atoms with Crippen LogP contribution in [0, 0.1) is 0 Å². The van der Waals surface area contributed by atoms with Gasteiger partial charge < -0.3 is 40.2 Å². The molecule has 2 aromatic rings. The van der Waals surface area contributed by atoms with Crippen molar-refractivity contribution in [2.24, 2.45) is 0 Å². The summed E-state index contributed by atoms with van der Waals surface area (Å²) >= 11 is 1.50. The molecule has 0 radical (unpaired) electrons. The van der Waals surface area contributed by atoms with Gasteiger partial charge in [-0.3, -0.25) is 19.2 Å². The van der Waals surface area contributed by atoms with Gasteiger partial charge in [-0.05, 0) is 49.3 Å². The van der Waals surface area contributed by atoms with Gasteiger partial charge in [-0.25, -0.2) is 0 Å². The zero-order valence-corrected chi connectivity index (χ0v) is 22.5. The molecule has 0 saturated carbocycles. The first-order chi connectivity index (χ1) is 19.1. The number of hydrogen-bond donors (Lipinski definition) is 6. The number of aliphatic carboxylic acids is 2. The number of nitrogens with one attached hydrogen (secondary N) is 2. The Bertz CT molecular complexity index is 1120. The number of thiophene rings is 1. The zero-order valence-electron chi connectivity index (χ0n) is 21.7. The summed E-state index contributed by atoms with van der Waals surface area (Å²) in [5.74, 6) is -3.37. The zero-order chi connectivity index (χ0) is 29.1. The molecule has 0 spiro atoms. The van der Waals surface area contributed by atoms with E-state index >= 15 is 0 Å². The van der Waals surface area contributed by atoms with Crippen LogP contribution >= 0.6 is 11.3 Å². The molecule has 3 heterocycles. The van der Waals surface area contributed by atoms with E-state index in [-0.39, 0.29) is 31.1 Å². The lowest BCUT2D eigenvalue weighted by Crippen LogP contribution is -2.53. The smallest absolute Gasteiger partial charge is 0.478 e. The highest BCUT2D eigenvalue weighted by Gasteiger charge is 2.37. The normalized spacial score (nSPS) is 22.4. The Kier molecular flexibility index (Phi) is 12.2. The second kappa shape index (κ2) is 15.5. The quantitative estimate of drug-likeness (QED) is 0.235. The van der Waals surface area contributed by atoms with Crippen molar-refractivity contribution < 1.29 is 48.7 Å². The summed E-state index contributed by atoms with van der Waals surface area (Å²) in [5.41, 5.74) is 0.507. The number of carbonyl (C=O) groups is 4. The van der Waals surface area contributed by atoms with Crippen molar-refractivity contribution in [1.29, 1.82) is 0 Å². The van der Waals surface area contributed by atoms with Gasteiger partial charge in [0.15, 0.2) is 0 Å². The van der Waals surface area contributed by atoms with E-state index in [0.29, 0.717) is 31.2 Å². The van der Waals surface area contributed by atoms with Gasteiger partial charge in [0.2, 0.25) is 5.91 Å². The number of carboxylic acids is 2. The molecule has 6 N–H and O–H groups in total. The maximum absolute atomic E-state index is 11.9. The number of rotatable bonds is 9. The topological polar surface area (TPSA) is 192 Å². The van der Waals surface area contributed by atoms with Crippen LogP contribution in [0.5, 0.6) is 0 Å². The average Bonchev–Trinajstić information content (AvgIpc) is 3.40. The molecule has 0 unspecified atom stereocenters. The third kappa shape index (κ3) is 10.4. The molecular weight excluding hydrogens is 542 g/mol. The van der Waals surface area contributed by atoms with E-state index in [2.05, 4.69) is 10.6 Å². The van der Waals surface area contributed by atoms with Gasteiger partial charge >= 0.3 is 26.2 Å². The Balaban J connectivity index is 0.000000220. The Hall–Kier alpha value is -3.23. The van der Waals surface area contributed by atoms with Gasteiger partial charge in [-0.15, -0.1) is 11.3 Å². The first-order valence-corrected chi connectivity index (χ1v) is 13.8. The van der Waals surface area contributed by atoms with E-state index in [1.807, 2.05) is 23.6 Å². The molecule has 0 bridgehead atoms. The predicted octanol–water partition coefficient (Wildman–Crippen LogP) is 0.907. The first kappa shape index (κ1) is 31.3. The average molecular weight is 574 g/mol. The van der Waals surface area contributed by atoms with Crippen LogP contribution in [-0.2, 0) is 30.1 Å². The van der Waals surface area contributed by atoms with Crippen molar-refractivity contribution >= 4 is 49.3 Å². The minimum Gasteiger partial charge on any atom is -0.481 e. The maximum atomic E-state index is 11.9. The van der Waals surface area contributed by atoms with E-state index in [1.165, 1.54) is 11.3 Å². The molecule has 2 aliphatic rings. The van der Waals surface area contributed by atoms with Crippen molar-refractivity contribution in [3.63, 3.8) is 0 Å². The predicted molar refractivity (Wildman–Crippen MR) is 146 cm³/mol. The monoisotopic (exact) mass is 574 g/mol. The van der Waals surface area contributed by atoms with E-state index in [4.69, 9.17) is 19.5 Å². The molecule has 4 rings (SSSR count). The molecule has 2 aliphatic heterocycles. The van der Waals surface area contributed by atoms with Gasteiger partial charge in [0, 0.05) is 10.4 Å². The fourth-order valence-corrected chi connectivity index (χ4v) is 5.09. The molecule has 12 nitrogen and oxygen atoms in total. The summed E-state index contributed by atoms with van der Waals surface area (Å²) in [4.78, 5) is 45.9. The summed E-state index contributed by atoms with van der Waals surface area (Å²) in [5, 5.41) is 44.3. The van der Waals surface area contributed by atoms with Crippen molar-refractivity contribution in [1.82, 2.24) is 10.6 Å². The lowest BCUT2D eigenvalue weighted by Gasteiger charge is -2.30. The van der Waals surface area contributed by atoms with Gasteiger partial charge in [0.1, 0.15) is 0 Å². The number of amides is 2. The van der Waals surface area contributed by atoms with Crippen LogP contribution in [0.4, 0.5) is 0 Å². The number of hydrogen-bond acceptors (Lipinski definition) is 9. The molecule has 0 aliphatic carbocycles. The number of carboxylic acid groups (broad SMARTS) is 2. The van der Waals surface area contributed by atoms with Crippen molar-refractivity contribution in [3.05, 3.63) is 58.3 Å². The molecule has 2 amide bonds. The number of carbonyl (C=O) groups excluding carboxylic acids is 2. The summed E-state index contributed by atoms with van der Waals surface area (Å²) < 4.78 is 10.4. The fourth-order valence-electron chi connectivity index (χ4n) is 4.38. The molecular formula is C25H32B2N2O10S. The van der Waals surface area contributed by atoms with Crippen molar-refractivity contribution in [3.8, 4) is 0 Å². The largest absolute Gasteiger partial charge is 0.481 e. The Morgan fingerprint density at radius 2 is 1.35 bits per heavy atom. The van der Waals surface area contributed by atoms with E-state index < -0.39 is 50.3 Å². The van der Waals surface area contributed by atoms with Crippen LogP contribution in [0.1, 0.15) is 53.8 Å². The van der Waals surface area contributed by atoms with E-state index in [1.54, 1.807) is 24.3 Å². The SMILES string of the molecule is O=C(O)C[C@@H]1CC[C@H](NC(=O)Cc2cccs2)B(O)O1.O=C(O)C[C@@H]1CC[C@H](NC(=O)c2ccccc2)B(O)O1. The Labute approximate surface area is 236 Å². The molecule has 2 saturated heterocycles. The van der Waals surface area contributed by atoms with Crippen LogP contribution in [0.2, 0.25) is 0 Å². The summed E-state index contributed by atoms with van der Waals surface area (Å²) in [6.45, 7) is 0. The second-order valence-electron chi connectivity index (χ2n) is 9.52. The van der Waals surface area contributed by atoms with Crippen molar-refractivity contribution in [2.45, 2.75) is 69.0 Å². The molecule has 40 heavy (non-hydrogen) atoms. The lowest BCUT2D eigenvalue weighted by molar-refractivity contribution is -0.140. The van der Waals surface area contributed by atoms with Gasteiger partial charge in [-0.2, -0.15) is 0 Å². The van der Waals surface area contributed by atoms with Gasteiger partial charge in [0.05, 0.1) is 43.4 Å². The first-order valence-electron chi connectivity index (χ1n) is 12.9. The fraction of sp³-hybridized carbons (Fsp3) is 0.440. The van der Waals surface area contributed by atoms with E-state index in [9.17, 15) is 29.2 Å². The lowest BCUT2D eigenvalue weighted by atomic mass is 9.72. The van der Waals surface area contributed by atoms with Crippen LogP contribution in [0.3, 0.4) is 0 Å². The summed E-state index contributed by atoms with van der Waals surface area (Å²) in [6, 6.07) is 12.4. The second-order valence-corrected chi connectivity index (χ2v) is 10.6. The Morgan fingerprint density at radius 3 is 1.82 bits per heavy atom. The highest BCUT2D eigenvalue weighted by atomic mass is 32.1. The van der Waals surface area contributed by atoms with Crippen LogP contribution < -0.4 is 10.6 Å². The molecule has 1 aromatic heterocycles. The highest BCUT2D eigenvalue weighted by molar-refractivity contribution is 7.10. The van der Waals surface area contributed by atoms with Crippen LogP contribution in [-0.4, -0.2) is 82.3 Å². The minimum absolute atomic E-state index is 0.132.